The molecule has 5 nitrogen and oxygen atoms in total. The molecule has 0 spiro atoms. The lowest BCUT2D eigenvalue weighted by molar-refractivity contribution is -0.155. The molecule has 1 aromatic rings. The van der Waals surface area contributed by atoms with E-state index in [1.54, 1.807) is 14.2 Å². The number of ether oxygens (including phenoxy) is 3. The average Bonchev–Trinajstić information content (AvgIpc) is 2.68. The molecule has 0 radical (unpaired) electrons. The van der Waals surface area contributed by atoms with Crippen molar-refractivity contribution in [3.63, 3.8) is 0 Å². The molecular weight excluding hydrogens is 328 g/mol. The maximum absolute atomic E-state index is 9.63. The van der Waals surface area contributed by atoms with Gasteiger partial charge in [0.1, 0.15) is 0 Å². The van der Waals surface area contributed by atoms with Crippen molar-refractivity contribution in [3.05, 3.63) is 34.9 Å². The van der Waals surface area contributed by atoms with Crippen LogP contribution in [0.25, 0.3) is 0 Å². The highest BCUT2D eigenvalue weighted by Crippen LogP contribution is 2.61. The normalized spacial score (nSPS) is 32.7. The molecule has 2 aliphatic carbocycles. The molecule has 1 heterocycles. The van der Waals surface area contributed by atoms with Gasteiger partial charge in [-0.05, 0) is 50.9 Å². The maximum Gasteiger partial charge on any atom is 0.165 e. The Bertz CT molecular complexity index is 812. The van der Waals surface area contributed by atoms with E-state index in [1.807, 2.05) is 13.2 Å². The third-order valence-corrected chi connectivity index (χ3v) is 6.87. The number of hydrogen-bond donors (Lipinski definition) is 0. The van der Waals surface area contributed by atoms with Crippen LogP contribution in [0.1, 0.15) is 30.4 Å². The highest BCUT2D eigenvalue weighted by Gasteiger charge is 2.64. The molecule has 1 aliphatic heterocycles. The molecule has 5 heteroatoms. The minimum atomic E-state index is -0.365. The average molecular weight is 354 g/mol. The lowest BCUT2D eigenvalue weighted by atomic mass is 9.50. The largest absolute Gasteiger partial charge is 0.493 e. The Morgan fingerprint density at radius 2 is 2.00 bits per heavy atom. The van der Waals surface area contributed by atoms with E-state index >= 15 is 0 Å². The topological polar surface area (TPSA) is 54.7 Å². The quantitative estimate of drug-likeness (QED) is 0.835. The van der Waals surface area contributed by atoms with Crippen LogP contribution in [0.5, 0.6) is 11.5 Å². The molecule has 26 heavy (non-hydrogen) atoms. The van der Waals surface area contributed by atoms with Gasteiger partial charge in [0.2, 0.25) is 0 Å². The Morgan fingerprint density at radius 1 is 1.19 bits per heavy atom. The van der Waals surface area contributed by atoms with E-state index in [0.29, 0.717) is 0 Å². The number of benzene rings is 1. The van der Waals surface area contributed by atoms with Crippen LogP contribution in [0.3, 0.4) is 0 Å². The zero-order valence-corrected chi connectivity index (χ0v) is 16.0. The molecule has 0 amide bonds. The molecule has 138 valence electrons. The minimum absolute atomic E-state index is 0.281. The van der Waals surface area contributed by atoms with E-state index in [-0.39, 0.29) is 17.1 Å². The summed E-state index contributed by atoms with van der Waals surface area (Å²) in [6, 6.07) is 6.82. The van der Waals surface area contributed by atoms with E-state index in [4.69, 9.17) is 14.2 Å². The Labute approximate surface area is 155 Å². The van der Waals surface area contributed by atoms with Crippen molar-refractivity contribution in [1.29, 1.82) is 5.26 Å². The summed E-state index contributed by atoms with van der Waals surface area (Å²) in [6.07, 6.45) is 5.60. The predicted octanol–water partition coefficient (Wildman–Crippen LogP) is 2.83. The van der Waals surface area contributed by atoms with E-state index < -0.39 is 0 Å². The van der Waals surface area contributed by atoms with Gasteiger partial charge in [0, 0.05) is 24.3 Å². The Morgan fingerprint density at radius 3 is 2.65 bits per heavy atom. The van der Waals surface area contributed by atoms with E-state index in [1.165, 1.54) is 5.56 Å². The van der Waals surface area contributed by atoms with Crippen LogP contribution in [0, 0.1) is 11.3 Å². The summed E-state index contributed by atoms with van der Waals surface area (Å²) in [5.41, 5.74) is 2.54. The fourth-order valence-electron chi connectivity index (χ4n) is 5.72. The van der Waals surface area contributed by atoms with E-state index in [2.05, 4.69) is 30.2 Å². The molecule has 1 saturated heterocycles. The van der Waals surface area contributed by atoms with Gasteiger partial charge in [-0.3, -0.25) is 0 Å². The number of nitriles is 1. The summed E-state index contributed by atoms with van der Waals surface area (Å²) in [5, 5.41) is 9.63. The van der Waals surface area contributed by atoms with Gasteiger partial charge in [0.25, 0.3) is 0 Å². The minimum Gasteiger partial charge on any atom is -0.493 e. The van der Waals surface area contributed by atoms with Crippen LogP contribution in [-0.4, -0.2) is 51.5 Å². The number of likely N-dealkylation sites (tertiary alicyclic amines) is 1. The monoisotopic (exact) mass is 354 g/mol. The van der Waals surface area contributed by atoms with Gasteiger partial charge in [-0.15, -0.1) is 0 Å². The van der Waals surface area contributed by atoms with Crippen molar-refractivity contribution in [3.8, 4) is 17.6 Å². The van der Waals surface area contributed by atoms with Gasteiger partial charge in [-0.25, -0.2) is 0 Å². The van der Waals surface area contributed by atoms with Crippen LogP contribution in [0.2, 0.25) is 0 Å². The second-order valence-corrected chi connectivity index (χ2v) is 7.63. The van der Waals surface area contributed by atoms with Gasteiger partial charge >= 0.3 is 0 Å². The van der Waals surface area contributed by atoms with Crippen LogP contribution in [-0.2, 0) is 16.6 Å². The number of allylic oxidation sites excluding steroid dienone is 1. The lowest BCUT2D eigenvalue weighted by Gasteiger charge is -2.63. The third-order valence-electron chi connectivity index (χ3n) is 6.87. The third kappa shape index (κ3) is 1.97. The van der Waals surface area contributed by atoms with Gasteiger partial charge < -0.3 is 19.1 Å². The van der Waals surface area contributed by atoms with Crippen molar-refractivity contribution in [2.45, 2.75) is 42.7 Å². The first-order valence-corrected chi connectivity index (χ1v) is 9.18. The molecule has 1 fully saturated rings. The molecule has 0 unspecified atom stereocenters. The number of nitrogens with zero attached hydrogens (tertiary/aromatic N) is 2. The molecule has 3 atom stereocenters. The summed E-state index contributed by atoms with van der Waals surface area (Å²) in [5.74, 6) is 1.52. The number of likely N-dealkylation sites (N-methyl/N-ethyl adjacent to an activating group) is 1. The van der Waals surface area contributed by atoms with Crippen LogP contribution in [0.15, 0.2) is 23.8 Å². The zero-order chi connectivity index (χ0) is 18.5. The standard InChI is InChI=1S/C21H26N2O3/c1-23-10-9-20-12-14(13-22)7-8-21(20,26-4)17(23)11-15-5-6-16(24-2)19(25-3)18(15)20/h5-6,12,17H,7-11H2,1-4H3/t17-,20+,21+/m0/s1. The summed E-state index contributed by atoms with van der Waals surface area (Å²) >= 11 is 0. The molecule has 4 rings (SSSR count). The van der Waals surface area contributed by atoms with Crippen LogP contribution < -0.4 is 9.47 Å². The lowest BCUT2D eigenvalue weighted by Crippen LogP contribution is -2.71. The first-order valence-electron chi connectivity index (χ1n) is 9.18. The number of rotatable bonds is 3. The van der Waals surface area contributed by atoms with Crippen molar-refractivity contribution in [2.75, 3.05) is 34.9 Å². The van der Waals surface area contributed by atoms with E-state index in [0.717, 1.165) is 54.9 Å². The Kier molecular flexibility index (Phi) is 4.02. The van der Waals surface area contributed by atoms with Crippen molar-refractivity contribution in [2.24, 2.45) is 0 Å². The van der Waals surface area contributed by atoms with Crippen molar-refractivity contribution < 1.29 is 14.2 Å². The molecule has 3 aliphatic rings. The molecule has 0 N–H and O–H groups in total. The number of fused-ring (bicyclic) bond motifs is 1. The number of methoxy groups -OCH3 is 3. The molecular formula is C21H26N2O3. The summed E-state index contributed by atoms with van der Waals surface area (Å²) in [6.45, 7) is 0.963. The number of hydrogen-bond acceptors (Lipinski definition) is 5. The first kappa shape index (κ1) is 17.4. The highest BCUT2D eigenvalue weighted by molar-refractivity contribution is 5.62. The fourth-order valence-corrected chi connectivity index (χ4v) is 5.72. The number of piperidine rings is 1. The molecule has 1 aromatic carbocycles. The zero-order valence-electron chi connectivity index (χ0n) is 16.0. The summed E-state index contributed by atoms with van der Waals surface area (Å²) in [7, 11) is 7.37. The van der Waals surface area contributed by atoms with Gasteiger partial charge in [0.15, 0.2) is 11.5 Å². The molecule has 0 aromatic heterocycles. The maximum atomic E-state index is 9.63. The van der Waals surface area contributed by atoms with Gasteiger partial charge in [-0.1, -0.05) is 12.1 Å². The molecule has 2 bridgehead atoms. The second-order valence-electron chi connectivity index (χ2n) is 7.63. The Hall–Kier alpha value is -2.03. The van der Waals surface area contributed by atoms with Gasteiger partial charge in [0.05, 0.1) is 31.3 Å². The SMILES string of the molecule is COc1ccc2c(c1OC)[C@@]13C=C(C#N)CC[C@@]1(OC)[C@H](C2)N(C)CC3. The van der Waals surface area contributed by atoms with Crippen molar-refractivity contribution >= 4 is 0 Å². The first-order chi connectivity index (χ1) is 12.6. The fraction of sp³-hybridized carbons (Fsp3) is 0.571. The van der Waals surface area contributed by atoms with Crippen LogP contribution >= 0.6 is 0 Å². The van der Waals surface area contributed by atoms with Crippen LogP contribution in [0.4, 0.5) is 0 Å². The predicted molar refractivity (Wildman–Crippen MR) is 98.6 cm³/mol. The van der Waals surface area contributed by atoms with E-state index in [9.17, 15) is 5.26 Å². The Balaban J connectivity index is 2.09. The summed E-state index contributed by atoms with van der Waals surface area (Å²) in [4.78, 5) is 2.42. The smallest absolute Gasteiger partial charge is 0.165 e. The van der Waals surface area contributed by atoms with Gasteiger partial charge in [-0.2, -0.15) is 5.26 Å². The van der Waals surface area contributed by atoms with Crippen molar-refractivity contribution in [1.82, 2.24) is 4.90 Å². The highest BCUT2D eigenvalue weighted by atomic mass is 16.5. The summed E-state index contributed by atoms with van der Waals surface area (Å²) < 4.78 is 17.8. The second kappa shape index (κ2) is 6.00. The molecule has 0 saturated carbocycles.